The van der Waals surface area contributed by atoms with Crippen LogP contribution >= 0.6 is 0 Å². The van der Waals surface area contributed by atoms with Gasteiger partial charge in [0, 0.05) is 18.0 Å². The molecular formula is C26H38N4O. The summed E-state index contributed by atoms with van der Waals surface area (Å²) in [5.74, 6) is 0.695. The van der Waals surface area contributed by atoms with E-state index in [1.807, 2.05) is 6.20 Å². The van der Waals surface area contributed by atoms with E-state index in [1.54, 1.807) is 0 Å². The van der Waals surface area contributed by atoms with E-state index in [-0.39, 0.29) is 17.4 Å². The minimum absolute atomic E-state index is 0.0415. The topological polar surface area (TPSA) is 50.2 Å². The highest BCUT2D eigenvalue weighted by molar-refractivity contribution is 5.76. The standard InChI is InChI=1S/C26H38N4O/c1-18(2)29-12-10-20(11-13-29)14-25(31)28-22-15-26(4,5)16-24-21(22)17-27-30(24)23-9-7-6-8-19(23)3/h6-9,17-18,20,22H,10-16H2,1-5H3,(H,28,31)/t22-/m1/s1. The molecule has 0 spiro atoms. The molecule has 1 aromatic heterocycles. The number of likely N-dealkylation sites (tertiary alicyclic amines) is 1. The third-order valence-electron chi connectivity index (χ3n) is 7.21. The quantitative estimate of drug-likeness (QED) is 0.751. The first kappa shape index (κ1) is 22.1. The fourth-order valence-corrected chi connectivity index (χ4v) is 5.37. The number of para-hydroxylation sites is 1. The summed E-state index contributed by atoms with van der Waals surface area (Å²) in [7, 11) is 0. The molecule has 5 nitrogen and oxygen atoms in total. The summed E-state index contributed by atoms with van der Waals surface area (Å²) in [5, 5.41) is 8.14. The van der Waals surface area contributed by atoms with E-state index < -0.39 is 0 Å². The molecule has 0 bridgehead atoms. The van der Waals surface area contributed by atoms with E-state index in [9.17, 15) is 4.79 Å². The Morgan fingerprint density at radius 3 is 2.61 bits per heavy atom. The van der Waals surface area contributed by atoms with E-state index in [0.29, 0.717) is 18.4 Å². The first-order chi connectivity index (χ1) is 14.7. The molecule has 1 fully saturated rings. The van der Waals surface area contributed by atoms with Gasteiger partial charge in [-0.3, -0.25) is 4.79 Å². The Morgan fingerprint density at radius 2 is 1.94 bits per heavy atom. The number of benzene rings is 1. The number of piperidine rings is 1. The Labute approximate surface area is 187 Å². The Kier molecular flexibility index (Phi) is 6.25. The second-order valence-electron chi connectivity index (χ2n) is 10.7. The van der Waals surface area contributed by atoms with Gasteiger partial charge in [-0.1, -0.05) is 32.0 Å². The van der Waals surface area contributed by atoms with E-state index in [2.05, 4.69) is 73.8 Å². The average molecular weight is 423 g/mol. The van der Waals surface area contributed by atoms with Crippen molar-refractivity contribution in [2.75, 3.05) is 13.1 Å². The van der Waals surface area contributed by atoms with Crippen LogP contribution in [0.4, 0.5) is 0 Å². The molecule has 2 heterocycles. The number of nitrogens with zero attached hydrogens (tertiary/aromatic N) is 3. The van der Waals surface area contributed by atoms with Gasteiger partial charge in [-0.05, 0) is 82.5 Å². The third kappa shape index (κ3) is 4.87. The second kappa shape index (κ2) is 8.78. The summed E-state index contributed by atoms with van der Waals surface area (Å²) in [6.45, 7) is 13.5. The van der Waals surface area contributed by atoms with E-state index >= 15 is 0 Å². The highest BCUT2D eigenvalue weighted by Crippen LogP contribution is 2.41. The van der Waals surface area contributed by atoms with Crippen LogP contribution in [0.3, 0.4) is 0 Å². The SMILES string of the molecule is Cc1ccccc1-n1ncc2c1CC(C)(C)C[C@H]2NC(=O)CC1CCN(C(C)C)CC1. The first-order valence-corrected chi connectivity index (χ1v) is 11.9. The molecule has 4 rings (SSSR count). The molecule has 2 aromatic rings. The molecule has 1 N–H and O–H groups in total. The molecule has 1 atom stereocenters. The fraction of sp³-hybridized carbons (Fsp3) is 0.615. The van der Waals surface area contributed by atoms with Crippen molar-refractivity contribution in [3.63, 3.8) is 0 Å². The van der Waals surface area contributed by atoms with Crippen LogP contribution in [0.15, 0.2) is 30.5 Å². The normalized spacial score (nSPS) is 21.8. The van der Waals surface area contributed by atoms with Crippen LogP contribution in [0.5, 0.6) is 0 Å². The van der Waals surface area contributed by atoms with E-state index in [0.717, 1.165) is 44.5 Å². The number of aromatic nitrogens is 2. The number of carbonyl (C=O) groups is 1. The molecule has 2 aliphatic rings. The van der Waals surface area contributed by atoms with Crippen molar-refractivity contribution in [2.24, 2.45) is 11.3 Å². The number of hydrogen-bond donors (Lipinski definition) is 1. The van der Waals surface area contributed by atoms with Gasteiger partial charge in [0.25, 0.3) is 0 Å². The predicted molar refractivity (Wildman–Crippen MR) is 125 cm³/mol. The van der Waals surface area contributed by atoms with Crippen molar-refractivity contribution in [1.82, 2.24) is 20.0 Å². The van der Waals surface area contributed by atoms with E-state index in [1.165, 1.54) is 16.8 Å². The third-order valence-corrected chi connectivity index (χ3v) is 7.21. The van der Waals surface area contributed by atoms with Crippen molar-refractivity contribution in [1.29, 1.82) is 0 Å². The minimum Gasteiger partial charge on any atom is -0.349 e. The lowest BCUT2D eigenvalue weighted by Gasteiger charge is -2.37. The van der Waals surface area contributed by atoms with Gasteiger partial charge in [-0.15, -0.1) is 0 Å². The average Bonchev–Trinajstić information content (AvgIpc) is 3.11. The van der Waals surface area contributed by atoms with Gasteiger partial charge in [0.05, 0.1) is 23.6 Å². The zero-order valence-corrected chi connectivity index (χ0v) is 19.8. The molecule has 1 aliphatic heterocycles. The van der Waals surface area contributed by atoms with Crippen molar-refractivity contribution < 1.29 is 4.79 Å². The Morgan fingerprint density at radius 1 is 1.23 bits per heavy atom. The molecule has 1 aromatic carbocycles. The number of carbonyl (C=O) groups excluding carboxylic acids is 1. The Hall–Kier alpha value is -2.14. The molecule has 0 saturated carbocycles. The number of rotatable bonds is 5. The molecule has 0 radical (unpaired) electrons. The number of fused-ring (bicyclic) bond motifs is 1. The number of aryl methyl sites for hydroxylation is 1. The van der Waals surface area contributed by atoms with Gasteiger partial charge in [-0.25, -0.2) is 4.68 Å². The first-order valence-electron chi connectivity index (χ1n) is 11.9. The van der Waals surface area contributed by atoms with Crippen LogP contribution < -0.4 is 5.32 Å². The second-order valence-corrected chi connectivity index (χ2v) is 10.7. The fourth-order valence-electron chi connectivity index (χ4n) is 5.37. The van der Waals surface area contributed by atoms with Gasteiger partial charge >= 0.3 is 0 Å². The molecule has 168 valence electrons. The van der Waals surface area contributed by atoms with Crippen LogP contribution in [0, 0.1) is 18.3 Å². The Bertz CT molecular complexity index is 921. The monoisotopic (exact) mass is 422 g/mol. The molecular weight excluding hydrogens is 384 g/mol. The summed E-state index contributed by atoms with van der Waals surface area (Å²) in [5.41, 5.74) is 4.88. The van der Waals surface area contributed by atoms with Gasteiger partial charge in [0.2, 0.25) is 5.91 Å². The molecule has 0 unspecified atom stereocenters. The van der Waals surface area contributed by atoms with Gasteiger partial charge in [0.1, 0.15) is 0 Å². The van der Waals surface area contributed by atoms with Crippen LogP contribution in [0.1, 0.15) is 76.2 Å². The summed E-state index contributed by atoms with van der Waals surface area (Å²) < 4.78 is 2.09. The Balaban J connectivity index is 1.48. The van der Waals surface area contributed by atoms with Gasteiger partial charge < -0.3 is 10.2 Å². The summed E-state index contributed by atoms with van der Waals surface area (Å²) >= 11 is 0. The highest BCUT2D eigenvalue weighted by Gasteiger charge is 2.36. The van der Waals surface area contributed by atoms with Crippen LogP contribution in [0.2, 0.25) is 0 Å². The number of hydrogen-bond acceptors (Lipinski definition) is 3. The zero-order valence-electron chi connectivity index (χ0n) is 19.8. The predicted octanol–water partition coefficient (Wildman–Crippen LogP) is 4.82. The largest absolute Gasteiger partial charge is 0.349 e. The maximum absolute atomic E-state index is 13.0. The zero-order chi connectivity index (χ0) is 22.2. The lowest BCUT2D eigenvalue weighted by Crippen LogP contribution is -2.41. The summed E-state index contributed by atoms with van der Waals surface area (Å²) in [4.78, 5) is 15.5. The van der Waals surface area contributed by atoms with Crippen molar-refractivity contribution in [3.05, 3.63) is 47.3 Å². The molecule has 1 saturated heterocycles. The lowest BCUT2D eigenvalue weighted by molar-refractivity contribution is -0.123. The lowest BCUT2D eigenvalue weighted by atomic mass is 9.74. The van der Waals surface area contributed by atoms with Crippen molar-refractivity contribution in [2.45, 2.75) is 78.8 Å². The van der Waals surface area contributed by atoms with Crippen LogP contribution in [-0.2, 0) is 11.2 Å². The molecule has 5 heteroatoms. The maximum Gasteiger partial charge on any atom is 0.220 e. The number of nitrogens with one attached hydrogen (secondary N) is 1. The smallest absolute Gasteiger partial charge is 0.220 e. The minimum atomic E-state index is 0.0415. The molecule has 1 aliphatic carbocycles. The van der Waals surface area contributed by atoms with Gasteiger partial charge in [0.15, 0.2) is 0 Å². The van der Waals surface area contributed by atoms with Gasteiger partial charge in [-0.2, -0.15) is 5.10 Å². The van der Waals surface area contributed by atoms with Crippen LogP contribution in [0.25, 0.3) is 5.69 Å². The summed E-state index contributed by atoms with van der Waals surface area (Å²) in [6.07, 6.45) is 6.79. The summed E-state index contributed by atoms with van der Waals surface area (Å²) in [6, 6.07) is 9.02. The van der Waals surface area contributed by atoms with E-state index in [4.69, 9.17) is 5.10 Å². The number of amides is 1. The van der Waals surface area contributed by atoms with Crippen molar-refractivity contribution >= 4 is 5.91 Å². The van der Waals surface area contributed by atoms with Crippen molar-refractivity contribution in [3.8, 4) is 5.69 Å². The maximum atomic E-state index is 13.0. The molecule has 1 amide bonds. The molecule has 31 heavy (non-hydrogen) atoms. The van der Waals surface area contributed by atoms with Crippen LogP contribution in [-0.4, -0.2) is 39.7 Å². The highest BCUT2D eigenvalue weighted by atomic mass is 16.1.